The molecule has 25 heavy (non-hydrogen) atoms. The molecule has 1 unspecified atom stereocenters. The van der Waals surface area contributed by atoms with Gasteiger partial charge < -0.3 is 20.3 Å². The molecule has 8 nitrogen and oxygen atoms in total. The number of rotatable bonds is 9. The third-order valence-electron chi connectivity index (χ3n) is 4.43. The third-order valence-corrected chi connectivity index (χ3v) is 6.20. The van der Waals surface area contributed by atoms with E-state index in [1.165, 1.54) is 12.8 Å². The number of nitrogens with one attached hydrogen (secondary N) is 2. The quantitative estimate of drug-likeness (QED) is 0.324. The summed E-state index contributed by atoms with van der Waals surface area (Å²) >= 11 is 0. The molecular formula is C16H30N4O4S. The summed E-state index contributed by atoms with van der Waals surface area (Å²) in [5.74, 6) is 1.55. The summed E-state index contributed by atoms with van der Waals surface area (Å²) < 4.78 is 28.4. The molecule has 0 aromatic rings. The zero-order valence-corrected chi connectivity index (χ0v) is 16.0. The molecule has 2 fully saturated rings. The summed E-state index contributed by atoms with van der Waals surface area (Å²) in [6.45, 7) is 2.69. The number of carbonyl (C=O) groups is 1. The minimum Gasteiger partial charge on any atom is -0.379 e. The number of nitrogens with zero attached hydrogens (tertiary/aromatic N) is 2. The number of amides is 1. The SMILES string of the molecule is CN=C(NCCC(=O)NC1CCS(=O)(=O)C1)N(C)CCOCC1CC1. The van der Waals surface area contributed by atoms with Crippen molar-refractivity contribution in [3.05, 3.63) is 0 Å². The van der Waals surface area contributed by atoms with Crippen LogP contribution in [0, 0.1) is 5.92 Å². The van der Waals surface area contributed by atoms with Gasteiger partial charge in [0.25, 0.3) is 0 Å². The number of hydrogen-bond acceptors (Lipinski definition) is 5. The first-order valence-electron chi connectivity index (χ1n) is 8.89. The van der Waals surface area contributed by atoms with E-state index in [1.54, 1.807) is 7.05 Å². The second kappa shape index (κ2) is 9.38. The van der Waals surface area contributed by atoms with Crippen molar-refractivity contribution in [1.29, 1.82) is 0 Å². The fraction of sp³-hybridized carbons (Fsp3) is 0.875. The van der Waals surface area contributed by atoms with Gasteiger partial charge in [0.2, 0.25) is 5.91 Å². The Morgan fingerprint density at radius 3 is 2.68 bits per heavy atom. The van der Waals surface area contributed by atoms with Crippen LogP contribution < -0.4 is 10.6 Å². The number of aliphatic imine (C=N–C) groups is 1. The maximum absolute atomic E-state index is 11.9. The Balaban J connectivity index is 1.58. The van der Waals surface area contributed by atoms with Crippen LogP contribution in [-0.4, -0.2) is 83.1 Å². The largest absolute Gasteiger partial charge is 0.379 e. The van der Waals surface area contributed by atoms with E-state index in [-0.39, 0.29) is 29.9 Å². The molecule has 1 saturated heterocycles. The van der Waals surface area contributed by atoms with Gasteiger partial charge >= 0.3 is 0 Å². The highest BCUT2D eigenvalue weighted by Crippen LogP contribution is 2.28. The molecule has 144 valence electrons. The van der Waals surface area contributed by atoms with Crippen molar-refractivity contribution in [3.63, 3.8) is 0 Å². The number of likely N-dealkylation sites (N-methyl/N-ethyl adjacent to an activating group) is 1. The Kier molecular flexibility index (Phi) is 7.49. The lowest BCUT2D eigenvalue weighted by molar-refractivity contribution is -0.121. The van der Waals surface area contributed by atoms with Crippen molar-refractivity contribution in [1.82, 2.24) is 15.5 Å². The number of ether oxygens (including phenoxy) is 1. The molecule has 2 N–H and O–H groups in total. The van der Waals surface area contributed by atoms with E-state index in [0.717, 1.165) is 19.1 Å². The average Bonchev–Trinajstić information content (AvgIpc) is 3.31. The van der Waals surface area contributed by atoms with E-state index >= 15 is 0 Å². The smallest absolute Gasteiger partial charge is 0.222 e. The zero-order valence-electron chi connectivity index (χ0n) is 15.2. The van der Waals surface area contributed by atoms with Crippen LogP contribution in [0.1, 0.15) is 25.7 Å². The summed E-state index contributed by atoms with van der Waals surface area (Å²) in [5, 5.41) is 5.93. The summed E-state index contributed by atoms with van der Waals surface area (Å²) in [4.78, 5) is 18.1. The van der Waals surface area contributed by atoms with Gasteiger partial charge in [-0.1, -0.05) is 0 Å². The molecule has 2 rings (SSSR count). The average molecular weight is 375 g/mol. The number of hydrogen-bond donors (Lipinski definition) is 2. The number of carbonyl (C=O) groups excluding carboxylic acids is 1. The van der Waals surface area contributed by atoms with Gasteiger partial charge in [-0.3, -0.25) is 9.79 Å². The van der Waals surface area contributed by atoms with E-state index in [0.29, 0.717) is 25.5 Å². The Morgan fingerprint density at radius 1 is 1.32 bits per heavy atom. The minimum atomic E-state index is -2.97. The molecule has 0 radical (unpaired) electrons. The first-order chi connectivity index (χ1) is 11.9. The van der Waals surface area contributed by atoms with Gasteiger partial charge in [0.15, 0.2) is 15.8 Å². The first-order valence-corrected chi connectivity index (χ1v) is 10.7. The van der Waals surface area contributed by atoms with E-state index in [2.05, 4.69) is 15.6 Å². The Labute approximate surface area is 150 Å². The molecule has 0 aromatic heterocycles. The van der Waals surface area contributed by atoms with E-state index in [9.17, 15) is 13.2 Å². The van der Waals surface area contributed by atoms with Crippen LogP contribution in [0.15, 0.2) is 4.99 Å². The molecule has 9 heteroatoms. The van der Waals surface area contributed by atoms with Gasteiger partial charge in [-0.2, -0.15) is 0 Å². The van der Waals surface area contributed by atoms with Crippen LogP contribution in [-0.2, 0) is 19.4 Å². The zero-order chi connectivity index (χ0) is 18.3. The maximum atomic E-state index is 11.9. The molecule has 1 aliphatic heterocycles. The number of guanidine groups is 1. The van der Waals surface area contributed by atoms with Gasteiger partial charge in [-0.25, -0.2) is 8.42 Å². The topological polar surface area (TPSA) is 100 Å². The minimum absolute atomic E-state index is 0.0530. The molecule has 1 heterocycles. The van der Waals surface area contributed by atoms with Crippen LogP contribution >= 0.6 is 0 Å². The highest BCUT2D eigenvalue weighted by atomic mass is 32.2. The fourth-order valence-electron chi connectivity index (χ4n) is 2.72. The Hall–Kier alpha value is -1.35. The third kappa shape index (κ3) is 7.60. The van der Waals surface area contributed by atoms with Crippen molar-refractivity contribution < 1.29 is 17.9 Å². The van der Waals surface area contributed by atoms with Crippen LogP contribution in [0.25, 0.3) is 0 Å². The normalized spacial score (nSPS) is 22.6. The van der Waals surface area contributed by atoms with Gasteiger partial charge in [-0.05, 0) is 25.2 Å². The van der Waals surface area contributed by atoms with E-state index < -0.39 is 9.84 Å². The summed E-state index contributed by atoms with van der Waals surface area (Å²) in [5.41, 5.74) is 0. The monoisotopic (exact) mass is 374 g/mol. The summed E-state index contributed by atoms with van der Waals surface area (Å²) in [6, 6.07) is -0.247. The van der Waals surface area contributed by atoms with E-state index in [1.807, 2.05) is 11.9 Å². The molecule has 2 aliphatic rings. The Bertz CT molecular complexity index is 575. The lowest BCUT2D eigenvalue weighted by Crippen LogP contribution is -2.43. The van der Waals surface area contributed by atoms with Crippen molar-refractivity contribution in [2.75, 3.05) is 51.9 Å². The molecule has 1 saturated carbocycles. The lowest BCUT2D eigenvalue weighted by Gasteiger charge is -2.22. The highest BCUT2D eigenvalue weighted by Gasteiger charge is 2.28. The van der Waals surface area contributed by atoms with Gasteiger partial charge in [0.1, 0.15) is 0 Å². The standard InChI is InChI=1S/C16H30N4O4S/c1-17-16(20(2)8-9-24-11-13-3-4-13)18-7-5-15(21)19-14-6-10-25(22,23)12-14/h13-14H,3-12H2,1-2H3,(H,17,18)(H,19,21). The molecule has 1 amide bonds. The Morgan fingerprint density at radius 2 is 2.08 bits per heavy atom. The van der Waals surface area contributed by atoms with Crippen molar-refractivity contribution in [2.45, 2.75) is 31.7 Å². The molecule has 0 bridgehead atoms. The molecule has 0 aromatic carbocycles. The summed E-state index contributed by atoms with van der Waals surface area (Å²) in [7, 11) is 0.661. The maximum Gasteiger partial charge on any atom is 0.222 e. The second-order valence-electron chi connectivity index (χ2n) is 6.83. The van der Waals surface area contributed by atoms with Gasteiger partial charge in [-0.15, -0.1) is 0 Å². The van der Waals surface area contributed by atoms with Crippen molar-refractivity contribution in [2.24, 2.45) is 10.9 Å². The first kappa shape index (κ1) is 20.0. The molecule has 1 aliphatic carbocycles. The predicted octanol–water partition coefficient (Wildman–Crippen LogP) is -0.386. The van der Waals surface area contributed by atoms with Crippen molar-refractivity contribution in [3.8, 4) is 0 Å². The lowest BCUT2D eigenvalue weighted by atomic mass is 10.2. The highest BCUT2D eigenvalue weighted by molar-refractivity contribution is 7.91. The van der Waals surface area contributed by atoms with Crippen LogP contribution in [0.2, 0.25) is 0 Å². The molecular weight excluding hydrogens is 344 g/mol. The molecule has 1 atom stereocenters. The van der Waals surface area contributed by atoms with Crippen molar-refractivity contribution >= 4 is 21.7 Å². The van der Waals surface area contributed by atoms with Gasteiger partial charge in [0.05, 0.1) is 18.1 Å². The van der Waals surface area contributed by atoms with Crippen LogP contribution in [0.4, 0.5) is 0 Å². The number of sulfone groups is 1. The second-order valence-corrected chi connectivity index (χ2v) is 9.06. The van der Waals surface area contributed by atoms with Crippen LogP contribution in [0.3, 0.4) is 0 Å². The molecule has 0 spiro atoms. The predicted molar refractivity (Wildman–Crippen MR) is 97.4 cm³/mol. The fourth-order valence-corrected chi connectivity index (χ4v) is 4.40. The van der Waals surface area contributed by atoms with Crippen LogP contribution in [0.5, 0.6) is 0 Å². The summed E-state index contributed by atoms with van der Waals surface area (Å²) in [6.07, 6.45) is 3.36. The van der Waals surface area contributed by atoms with Gasteiger partial charge in [0, 0.05) is 46.3 Å². The van der Waals surface area contributed by atoms with E-state index in [4.69, 9.17) is 4.74 Å².